The molecule has 1 aromatic carbocycles. The van der Waals surface area contributed by atoms with Crippen molar-refractivity contribution in [3.05, 3.63) is 28.2 Å². The van der Waals surface area contributed by atoms with Gasteiger partial charge in [0.05, 0.1) is 5.69 Å². The highest BCUT2D eigenvalue weighted by Gasteiger charge is 2.20. The largest absolute Gasteiger partial charge is 0.368 e. The van der Waals surface area contributed by atoms with Crippen molar-refractivity contribution in [2.75, 3.05) is 11.4 Å². The Kier molecular flexibility index (Phi) is 6.56. The van der Waals surface area contributed by atoms with Crippen LogP contribution in [0.3, 0.4) is 0 Å². The van der Waals surface area contributed by atoms with Crippen LogP contribution in [0.1, 0.15) is 58.4 Å². The summed E-state index contributed by atoms with van der Waals surface area (Å²) in [6.07, 6.45) is 6.37. The average Bonchev–Trinajstić information content (AvgIpc) is 3.31. The number of hydrogen-bond acceptors (Lipinski definition) is 2. The molecule has 1 N–H and O–H groups in total. The number of nitrogens with one attached hydrogen (secondary N) is 1. The van der Waals surface area contributed by atoms with Crippen LogP contribution in [0.25, 0.3) is 0 Å². The fourth-order valence-electron chi connectivity index (χ4n) is 2.57. The molecule has 1 atom stereocenters. The number of anilines is 1. The summed E-state index contributed by atoms with van der Waals surface area (Å²) < 4.78 is 1.23. The van der Waals surface area contributed by atoms with Crippen molar-refractivity contribution in [2.24, 2.45) is 0 Å². The SMILES string of the molecule is CCCCN(c1ccc(CNC2CC2)cc1Br)C(C)CC. The van der Waals surface area contributed by atoms with Gasteiger partial charge in [0.25, 0.3) is 0 Å². The van der Waals surface area contributed by atoms with Crippen molar-refractivity contribution < 1.29 is 0 Å². The molecule has 1 aromatic rings. The maximum absolute atomic E-state index is 3.79. The van der Waals surface area contributed by atoms with E-state index in [-0.39, 0.29) is 0 Å². The number of nitrogens with zero attached hydrogens (tertiary/aromatic N) is 1. The van der Waals surface area contributed by atoms with Gasteiger partial charge in [-0.25, -0.2) is 0 Å². The molecule has 1 unspecified atom stereocenters. The standard InChI is InChI=1S/C18H29BrN2/c1-4-6-11-21(14(3)5-2)18-10-7-15(12-17(18)19)13-20-16-8-9-16/h7,10,12,14,16,20H,4-6,8-9,11,13H2,1-3H3. The minimum atomic E-state index is 0.586. The quantitative estimate of drug-likeness (QED) is 0.664. The van der Waals surface area contributed by atoms with E-state index in [4.69, 9.17) is 0 Å². The van der Waals surface area contributed by atoms with E-state index in [2.05, 4.69) is 65.1 Å². The van der Waals surface area contributed by atoms with Crippen LogP contribution < -0.4 is 10.2 Å². The molecule has 0 spiro atoms. The zero-order chi connectivity index (χ0) is 15.2. The summed E-state index contributed by atoms with van der Waals surface area (Å²) in [7, 11) is 0. The maximum Gasteiger partial charge on any atom is 0.0513 e. The Balaban J connectivity index is 2.07. The predicted octanol–water partition coefficient (Wildman–Crippen LogP) is 5.11. The van der Waals surface area contributed by atoms with Crippen molar-refractivity contribution in [2.45, 2.75) is 71.5 Å². The third-order valence-electron chi connectivity index (χ3n) is 4.37. The second-order valence-corrected chi connectivity index (χ2v) is 7.10. The van der Waals surface area contributed by atoms with E-state index < -0.39 is 0 Å². The van der Waals surface area contributed by atoms with Gasteiger partial charge in [0, 0.05) is 29.6 Å². The van der Waals surface area contributed by atoms with Crippen LogP contribution in [0.2, 0.25) is 0 Å². The van der Waals surface area contributed by atoms with Gasteiger partial charge in [0.2, 0.25) is 0 Å². The van der Waals surface area contributed by atoms with Crippen molar-refractivity contribution >= 4 is 21.6 Å². The maximum atomic E-state index is 3.79. The van der Waals surface area contributed by atoms with E-state index in [1.54, 1.807) is 0 Å². The van der Waals surface area contributed by atoms with Crippen molar-refractivity contribution in [3.63, 3.8) is 0 Å². The van der Waals surface area contributed by atoms with E-state index in [9.17, 15) is 0 Å². The minimum absolute atomic E-state index is 0.586. The third kappa shape index (κ3) is 5.00. The first-order chi connectivity index (χ1) is 10.2. The van der Waals surface area contributed by atoms with E-state index >= 15 is 0 Å². The number of halogens is 1. The Morgan fingerprint density at radius 3 is 2.67 bits per heavy atom. The molecule has 0 saturated heterocycles. The van der Waals surface area contributed by atoms with Crippen LogP contribution in [0.4, 0.5) is 5.69 Å². The molecule has 0 aromatic heterocycles. The number of rotatable bonds is 9. The Morgan fingerprint density at radius 1 is 1.33 bits per heavy atom. The van der Waals surface area contributed by atoms with Crippen LogP contribution in [0.5, 0.6) is 0 Å². The van der Waals surface area contributed by atoms with Gasteiger partial charge in [-0.1, -0.05) is 26.3 Å². The Hall–Kier alpha value is -0.540. The van der Waals surface area contributed by atoms with Crippen LogP contribution in [-0.2, 0) is 6.54 Å². The van der Waals surface area contributed by atoms with Crippen LogP contribution in [0, 0.1) is 0 Å². The second kappa shape index (κ2) is 8.19. The summed E-state index contributed by atoms with van der Waals surface area (Å²) >= 11 is 3.79. The van der Waals surface area contributed by atoms with E-state index in [1.807, 2.05) is 0 Å². The van der Waals surface area contributed by atoms with Gasteiger partial charge in [-0.2, -0.15) is 0 Å². The lowest BCUT2D eigenvalue weighted by molar-refractivity contribution is 0.594. The molecule has 21 heavy (non-hydrogen) atoms. The molecular formula is C18H29BrN2. The molecule has 0 amide bonds. The molecule has 1 aliphatic rings. The molecule has 0 bridgehead atoms. The highest BCUT2D eigenvalue weighted by atomic mass is 79.9. The van der Waals surface area contributed by atoms with Crippen molar-refractivity contribution in [1.82, 2.24) is 5.32 Å². The summed E-state index contributed by atoms with van der Waals surface area (Å²) in [5.74, 6) is 0. The Labute approximate surface area is 138 Å². The molecule has 0 radical (unpaired) electrons. The number of benzene rings is 1. The molecule has 2 rings (SSSR count). The predicted molar refractivity (Wildman–Crippen MR) is 96.0 cm³/mol. The third-order valence-corrected chi connectivity index (χ3v) is 5.00. The van der Waals surface area contributed by atoms with Crippen LogP contribution in [-0.4, -0.2) is 18.6 Å². The van der Waals surface area contributed by atoms with Gasteiger partial charge in [0.1, 0.15) is 0 Å². The molecule has 2 nitrogen and oxygen atoms in total. The number of unbranched alkanes of at least 4 members (excludes halogenated alkanes) is 1. The van der Waals surface area contributed by atoms with Crippen LogP contribution >= 0.6 is 15.9 Å². The first-order valence-electron chi connectivity index (χ1n) is 8.44. The second-order valence-electron chi connectivity index (χ2n) is 6.25. The van der Waals surface area contributed by atoms with E-state index in [0.717, 1.165) is 19.1 Å². The lowest BCUT2D eigenvalue weighted by atomic mass is 10.1. The summed E-state index contributed by atoms with van der Waals surface area (Å²) in [6, 6.07) is 8.20. The molecule has 3 heteroatoms. The fourth-order valence-corrected chi connectivity index (χ4v) is 3.22. The normalized spacial score (nSPS) is 16.0. The van der Waals surface area contributed by atoms with Gasteiger partial charge in [-0.3, -0.25) is 0 Å². The van der Waals surface area contributed by atoms with Gasteiger partial charge in [0.15, 0.2) is 0 Å². The van der Waals surface area contributed by atoms with E-state index in [0.29, 0.717) is 6.04 Å². The highest BCUT2D eigenvalue weighted by molar-refractivity contribution is 9.10. The number of hydrogen-bond donors (Lipinski definition) is 1. The summed E-state index contributed by atoms with van der Waals surface area (Å²) in [5, 5.41) is 3.58. The fraction of sp³-hybridized carbons (Fsp3) is 0.667. The smallest absolute Gasteiger partial charge is 0.0513 e. The molecule has 0 heterocycles. The molecule has 1 fully saturated rings. The molecule has 118 valence electrons. The topological polar surface area (TPSA) is 15.3 Å². The lowest BCUT2D eigenvalue weighted by Gasteiger charge is -2.32. The molecule has 1 saturated carbocycles. The molecule has 0 aliphatic heterocycles. The molecular weight excluding hydrogens is 324 g/mol. The van der Waals surface area contributed by atoms with E-state index in [1.165, 1.54) is 47.8 Å². The van der Waals surface area contributed by atoms with Crippen molar-refractivity contribution in [3.8, 4) is 0 Å². The Bertz CT molecular complexity index is 443. The average molecular weight is 353 g/mol. The molecule has 1 aliphatic carbocycles. The minimum Gasteiger partial charge on any atom is -0.368 e. The van der Waals surface area contributed by atoms with Gasteiger partial charge >= 0.3 is 0 Å². The lowest BCUT2D eigenvalue weighted by Crippen LogP contribution is -2.33. The van der Waals surface area contributed by atoms with Gasteiger partial charge in [-0.15, -0.1) is 0 Å². The zero-order valence-electron chi connectivity index (χ0n) is 13.7. The van der Waals surface area contributed by atoms with Gasteiger partial charge < -0.3 is 10.2 Å². The Morgan fingerprint density at radius 2 is 2.10 bits per heavy atom. The summed E-state index contributed by atoms with van der Waals surface area (Å²) in [4.78, 5) is 2.55. The zero-order valence-corrected chi connectivity index (χ0v) is 15.2. The monoisotopic (exact) mass is 352 g/mol. The van der Waals surface area contributed by atoms with Crippen LogP contribution in [0.15, 0.2) is 22.7 Å². The summed E-state index contributed by atoms with van der Waals surface area (Å²) in [5.41, 5.74) is 2.71. The van der Waals surface area contributed by atoms with Crippen molar-refractivity contribution in [1.29, 1.82) is 0 Å². The van der Waals surface area contributed by atoms with Gasteiger partial charge in [-0.05, 0) is 66.2 Å². The highest BCUT2D eigenvalue weighted by Crippen LogP contribution is 2.30. The first kappa shape index (κ1) is 16.8. The summed E-state index contributed by atoms with van der Waals surface area (Å²) in [6.45, 7) is 8.98. The first-order valence-corrected chi connectivity index (χ1v) is 9.23.